The molecule has 1 rings (SSSR count). The first-order valence-electron chi connectivity index (χ1n) is 5.03. The van der Waals surface area contributed by atoms with Crippen molar-refractivity contribution in [2.24, 2.45) is 0 Å². The second-order valence-corrected chi connectivity index (χ2v) is 3.27. The molecule has 0 aliphatic carbocycles. The van der Waals surface area contributed by atoms with Crippen LogP contribution in [0.2, 0.25) is 0 Å². The fourth-order valence-electron chi connectivity index (χ4n) is 1.24. The number of aliphatic hydroxyl groups is 1. The highest BCUT2D eigenvalue weighted by Crippen LogP contribution is 2.00. The van der Waals surface area contributed by atoms with Crippen LogP contribution >= 0.6 is 0 Å². The molecule has 0 aromatic carbocycles. The van der Waals surface area contributed by atoms with Crippen LogP contribution in [0.3, 0.4) is 0 Å². The second-order valence-electron chi connectivity index (χ2n) is 3.27. The lowest BCUT2D eigenvalue weighted by atomic mass is 10.2. The molecule has 0 amide bonds. The van der Waals surface area contributed by atoms with E-state index >= 15 is 0 Å². The van der Waals surface area contributed by atoms with Crippen molar-refractivity contribution in [3.63, 3.8) is 0 Å². The second kappa shape index (κ2) is 6.93. The van der Waals surface area contributed by atoms with E-state index in [4.69, 9.17) is 10.4 Å². The summed E-state index contributed by atoms with van der Waals surface area (Å²) in [5.74, 6) is 0. The van der Waals surface area contributed by atoms with Crippen LogP contribution in [0.4, 0.5) is 0 Å². The zero-order chi connectivity index (χ0) is 10.9. The van der Waals surface area contributed by atoms with Crippen LogP contribution < -0.4 is 5.32 Å². The minimum absolute atomic E-state index is 0.246. The molecule has 15 heavy (non-hydrogen) atoms. The molecular formula is C11H15N3O. The maximum absolute atomic E-state index is 8.64. The average Bonchev–Trinajstić information content (AvgIpc) is 2.29. The first-order chi connectivity index (χ1) is 7.36. The fraction of sp³-hybridized carbons (Fsp3) is 0.455. The molecule has 4 heteroatoms. The SMILES string of the molecule is N#Cc1cc(CNCCCCO)ccn1. The van der Waals surface area contributed by atoms with E-state index in [0.717, 1.165) is 31.5 Å². The van der Waals surface area contributed by atoms with Gasteiger partial charge in [0.25, 0.3) is 0 Å². The van der Waals surface area contributed by atoms with Crippen LogP contribution in [0.1, 0.15) is 24.1 Å². The molecule has 0 aliphatic heterocycles. The molecule has 1 aromatic rings. The normalized spacial score (nSPS) is 9.87. The zero-order valence-electron chi connectivity index (χ0n) is 8.61. The van der Waals surface area contributed by atoms with Crippen LogP contribution in [-0.2, 0) is 6.54 Å². The van der Waals surface area contributed by atoms with Crippen LogP contribution in [-0.4, -0.2) is 23.2 Å². The van der Waals surface area contributed by atoms with Crippen molar-refractivity contribution in [2.45, 2.75) is 19.4 Å². The highest BCUT2D eigenvalue weighted by Gasteiger charge is 1.95. The zero-order valence-corrected chi connectivity index (χ0v) is 8.61. The Labute approximate surface area is 89.6 Å². The number of pyridine rings is 1. The third-order valence-electron chi connectivity index (χ3n) is 2.03. The molecule has 0 unspecified atom stereocenters. The Morgan fingerprint density at radius 3 is 3.07 bits per heavy atom. The summed E-state index contributed by atoms with van der Waals surface area (Å²) in [5.41, 5.74) is 1.51. The van der Waals surface area contributed by atoms with E-state index in [2.05, 4.69) is 10.3 Å². The van der Waals surface area contributed by atoms with Gasteiger partial charge >= 0.3 is 0 Å². The molecule has 0 aliphatic rings. The Balaban J connectivity index is 2.28. The first kappa shape index (κ1) is 11.6. The highest BCUT2D eigenvalue weighted by molar-refractivity contribution is 5.25. The number of hydrogen-bond acceptors (Lipinski definition) is 4. The van der Waals surface area contributed by atoms with E-state index in [1.165, 1.54) is 0 Å². The summed E-state index contributed by atoms with van der Waals surface area (Å²) < 4.78 is 0. The summed E-state index contributed by atoms with van der Waals surface area (Å²) in [6, 6.07) is 5.67. The standard InChI is InChI=1S/C11H15N3O/c12-8-11-7-10(3-5-14-11)9-13-4-1-2-6-15/h3,5,7,13,15H,1-2,4,6,9H2. The van der Waals surface area contributed by atoms with Gasteiger partial charge in [-0.3, -0.25) is 0 Å². The number of rotatable bonds is 6. The highest BCUT2D eigenvalue weighted by atomic mass is 16.2. The lowest BCUT2D eigenvalue weighted by molar-refractivity contribution is 0.283. The van der Waals surface area contributed by atoms with Crippen molar-refractivity contribution < 1.29 is 5.11 Å². The van der Waals surface area contributed by atoms with Crippen LogP contribution in [0.25, 0.3) is 0 Å². The predicted molar refractivity (Wildman–Crippen MR) is 57.0 cm³/mol. The average molecular weight is 205 g/mol. The predicted octanol–water partition coefficient (Wildman–Crippen LogP) is 0.815. The van der Waals surface area contributed by atoms with Crippen molar-refractivity contribution in [2.75, 3.05) is 13.2 Å². The lowest BCUT2D eigenvalue weighted by Crippen LogP contribution is -2.15. The van der Waals surface area contributed by atoms with Gasteiger partial charge in [-0.05, 0) is 37.1 Å². The van der Waals surface area contributed by atoms with Gasteiger partial charge in [-0.1, -0.05) is 0 Å². The van der Waals surface area contributed by atoms with Crippen LogP contribution in [0.15, 0.2) is 18.3 Å². The number of unbranched alkanes of at least 4 members (excludes halogenated alkanes) is 1. The number of nitrogens with one attached hydrogen (secondary N) is 1. The van der Waals surface area contributed by atoms with E-state index in [9.17, 15) is 0 Å². The molecule has 0 spiro atoms. The molecule has 4 nitrogen and oxygen atoms in total. The first-order valence-corrected chi connectivity index (χ1v) is 5.03. The minimum Gasteiger partial charge on any atom is -0.396 e. The van der Waals surface area contributed by atoms with Gasteiger partial charge in [-0.15, -0.1) is 0 Å². The van der Waals surface area contributed by atoms with Crippen LogP contribution in [0.5, 0.6) is 0 Å². The van der Waals surface area contributed by atoms with Gasteiger partial charge in [0.15, 0.2) is 0 Å². The topological polar surface area (TPSA) is 68.9 Å². The maximum atomic E-state index is 8.64. The van der Waals surface area contributed by atoms with Gasteiger partial charge in [0, 0.05) is 19.3 Å². The van der Waals surface area contributed by atoms with Gasteiger partial charge in [-0.25, -0.2) is 4.98 Å². The largest absolute Gasteiger partial charge is 0.396 e. The van der Waals surface area contributed by atoms with Crippen molar-refractivity contribution in [1.29, 1.82) is 5.26 Å². The Morgan fingerprint density at radius 1 is 1.47 bits per heavy atom. The number of nitrogens with zero attached hydrogens (tertiary/aromatic N) is 2. The third kappa shape index (κ3) is 4.54. The van der Waals surface area contributed by atoms with Gasteiger partial charge in [0.05, 0.1) is 0 Å². The summed E-state index contributed by atoms with van der Waals surface area (Å²) in [6.45, 7) is 1.86. The van der Waals surface area contributed by atoms with Crippen molar-refractivity contribution in [3.8, 4) is 6.07 Å². The Morgan fingerprint density at radius 2 is 2.33 bits per heavy atom. The Kier molecular flexibility index (Phi) is 5.38. The Hall–Kier alpha value is -1.44. The van der Waals surface area contributed by atoms with E-state index in [-0.39, 0.29) is 6.61 Å². The summed E-state index contributed by atoms with van der Waals surface area (Å²) in [6.07, 6.45) is 3.43. The van der Waals surface area contributed by atoms with E-state index in [1.807, 2.05) is 12.1 Å². The van der Waals surface area contributed by atoms with Crippen molar-refractivity contribution in [1.82, 2.24) is 10.3 Å². The van der Waals surface area contributed by atoms with Gasteiger partial charge in [-0.2, -0.15) is 5.26 Å². The van der Waals surface area contributed by atoms with E-state index < -0.39 is 0 Å². The molecule has 80 valence electrons. The molecule has 0 radical (unpaired) electrons. The molecule has 1 heterocycles. The number of nitriles is 1. The van der Waals surface area contributed by atoms with Crippen molar-refractivity contribution in [3.05, 3.63) is 29.6 Å². The quantitative estimate of drug-likeness (QED) is 0.674. The smallest absolute Gasteiger partial charge is 0.140 e. The van der Waals surface area contributed by atoms with Gasteiger partial charge < -0.3 is 10.4 Å². The summed E-state index contributed by atoms with van der Waals surface area (Å²) in [7, 11) is 0. The van der Waals surface area contributed by atoms with E-state index in [0.29, 0.717) is 5.69 Å². The summed E-state index contributed by atoms with van der Waals surface area (Å²) >= 11 is 0. The number of hydrogen-bond donors (Lipinski definition) is 2. The van der Waals surface area contributed by atoms with E-state index in [1.54, 1.807) is 12.3 Å². The molecule has 1 aromatic heterocycles. The van der Waals surface area contributed by atoms with Gasteiger partial charge in [0.1, 0.15) is 11.8 Å². The molecule has 0 saturated heterocycles. The molecule has 2 N–H and O–H groups in total. The van der Waals surface area contributed by atoms with Gasteiger partial charge in [0.2, 0.25) is 0 Å². The maximum Gasteiger partial charge on any atom is 0.140 e. The summed E-state index contributed by atoms with van der Waals surface area (Å²) in [4.78, 5) is 3.89. The molecule has 0 atom stereocenters. The molecular weight excluding hydrogens is 190 g/mol. The molecule has 0 saturated carbocycles. The van der Waals surface area contributed by atoms with Crippen LogP contribution in [0, 0.1) is 11.3 Å². The fourth-order valence-corrected chi connectivity index (χ4v) is 1.24. The summed E-state index contributed by atoms with van der Waals surface area (Å²) in [5, 5.41) is 20.5. The molecule has 0 bridgehead atoms. The third-order valence-corrected chi connectivity index (χ3v) is 2.03. The minimum atomic E-state index is 0.246. The lowest BCUT2D eigenvalue weighted by Gasteiger charge is -2.03. The number of aliphatic hydroxyl groups excluding tert-OH is 1. The number of aromatic nitrogens is 1. The Bertz CT molecular complexity index is 333. The van der Waals surface area contributed by atoms with Crippen molar-refractivity contribution >= 4 is 0 Å². The monoisotopic (exact) mass is 205 g/mol. The molecule has 0 fully saturated rings.